The standard InChI is InChI=1S/C10H20F3NO/c1-3-5-8(14)9(4-2)15-7-6-10(11,12)13/h8-9H,3-7,14H2,1-2H3. The summed E-state index contributed by atoms with van der Waals surface area (Å²) in [6.45, 7) is 3.56. The predicted molar refractivity (Wildman–Crippen MR) is 53.6 cm³/mol. The molecule has 0 fully saturated rings. The first-order valence-electron chi connectivity index (χ1n) is 5.34. The topological polar surface area (TPSA) is 35.2 Å². The van der Waals surface area contributed by atoms with E-state index in [1.807, 2.05) is 13.8 Å². The molecule has 0 aromatic heterocycles. The van der Waals surface area contributed by atoms with Gasteiger partial charge in [0, 0.05) is 6.04 Å². The van der Waals surface area contributed by atoms with Gasteiger partial charge in [0.15, 0.2) is 0 Å². The van der Waals surface area contributed by atoms with Crippen molar-refractivity contribution < 1.29 is 17.9 Å². The second-order valence-corrected chi connectivity index (χ2v) is 3.64. The van der Waals surface area contributed by atoms with Gasteiger partial charge >= 0.3 is 6.18 Å². The Hall–Kier alpha value is -0.290. The lowest BCUT2D eigenvalue weighted by atomic mass is 10.0. The van der Waals surface area contributed by atoms with Gasteiger partial charge in [0.25, 0.3) is 0 Å². The highest BCUT2D eigenvalue weighted by Crippen LogP contribution is 2.20. The first-order valence-corrected chi connectivity index (χ1v) is 5.34. The van der Waals surface area contributed by atoms with Gasteiger partial charge in [0.05, 0.1) is 19.1 Å². The highest BCUT2D eigenvalue weighted by molar-refractivity contribution is 4.71. The molecule has 0 spiro atoms. The fourth-order valence-electron chi connectivity index (χ4n) is 1.39. The van der Waals surface area contributed by atoms with E-state index >= 15 is 0 Å². The average Bonchev–Trinajstić information content (AvgIpc) is 2.11. The summed E-state index contributed by atoms with van der Waals surface area (Å²) < 4.78 is 40.7. The Bertz CT molecular complexity index is 161. The van der Waals surface area contributed by atoms with Crippen LogP contribution in [-0.2, 0) is 4.74 Å². The van der Waals surface area contributed by atoms with Crippen LogP contribution in [0.25, 0.3) is 0 Å². The van der Waals surface area contributed by atoms with Gasteiger partial charge in [-0.2, -0.15) is 13.2 Å². The molecule has 0 saturated carbocycles. The maximum Gasteiger partial charge on any atom is 0.391 e. The maximum absolute atomic E-state index is 11.8. The van der Waals surface area contributed by atoms with Gasteiger partial charge in [-0.3, -0.25) is 0 Å². The molecular weight excluding hydrogens is 207 g/mol. The molecule has 0 heterocycles. The molecule has 0 aromatic carbocycles. The van der Waals surface area contributed by atoms with Gasteiger partial charge in [0.1, 0.15) is 0 Å². The average molecular weight is 227 g/mol. The van der Waals surface area contributed by atoms with Crippen molar-refractivity contribution in [3.8, 4) is 0 Å². The second-order valence-electron chi connectivity index (χ2n) is 3.64. The number of rotatable bonds is 7. The van der Waals surface area contributed by atoms with E-state index in [0.717, 1.165) is 12.8 Å². The summed E-state index contributed by atoms with van der Waals surface area (Å²) >= 11 is 0. The van der Waals surface area contributed by atoms with Gasteiger partial charge in [-0.05, 0) is 12.8 Å². The van der Waals surface area contributed by atoms with Crippen LogP contribution in [0.2, 0.25) is 0 Å². The minimum absolute atomic E-state index is 0.159. The van der Waals surface area contributed by atoms with Gasteiger partial charge < -0.3 is 10.5 Å². The fraction of sp³-hybridized carbons (Fsp3) is 1.00. The fourth-order valence-corrected chi connectivity index (χ4v) is 1.39. The number of ether oxygens (including phenoxy) is 1. The lowest BCUT2D eigenvalue weighted by Gasteiger charge is -2.23. The van der Waals surface area contributed by atoms with Crippen LogP contribution in [0.5, 0.6) is 0 Å². The molecule has 2 nitrogen and oxygen atoms in total. The van der Waals surface area contributed by atoms with Crippen molar-refractivity contribution in [1.82, 2.24) is 0 Å². The van der Waals surface area contributed by atoms with E-state index in [0.29, 0.717) is 6.42 Å². The molecule has 0 amide bonds. The molecule has 0 rings (SSSR count). The molecule has 0 radical (unpaired) electrons. The number of halogens is 3. The van der Waals surface area contributed by atoms with Crippen molar-refractivity contribution in [2.75, 3.05) is 6.61 Å². The summed E-state index contributed by atoms with van der Waals surface area (Å²) in [5.41, 5.74) is 5.78. The third-order valence-electron chi connectivity index (χ3n) is 2.22. The number of hydrogen-bond donors (Lipinski definition) is 1. The number of alkyl halides is 3. The SMILES string of the molecule is CCCC(N)C(CC)OCCC(F)(F)F. The summed E-state index contributed by atoms with van der Waals surface area (Å²) in [4.78, 5) is 0. The minimum atomic E-state index is -4.15. The molecule has 15 heavy (non-hydrogen) atoms. The molecule has 0 bridgehead atoms. The molecular formula is C10H20F3NO. The zero-order chi connectivity index (χ0) is 11.9. The van der Waals surface area contributed by atoms with Gasteiger partial charge in [-0.25, -0.2) is 0 Å². The van der Waals surface area contributed by atoms with E-state index in [-0.39, 0.29) is 18.8 Å². The molecule has 0 saturated heterocycles. The van der Waals surface area contributed by atoms with E-state index in [9.17, 15) is 13.2 Å². The van der Waals surface area contributed by atoms with Crippen LogP contribution < -0.4 is 5.73 Å². The smallest absolute Gasteiger partial charge is 0.376 e. The van der Waals surface area contributed by atoms with E-state index in [4.69, 9.17) is 10.5 Å². The van der Waals surface area contributed by atoms with Crippen LogP contribution in [0.4, 0.5) is 13.2 Å². The van der Waals surface area contributed by atoms with E-state index in [2.05, 4.69) is 0 Å². The predicted octanol–water partition coefficient (Wildman–Crippen LogP) is 2.86. The zero-order valence-electron chi connectivity index (χ0n) is 9.31. The Kier molecular flexibility index (Phi) is 6.92. The lowest BCUT2D eigenvalue weighted by molar-refractivity contribution is -0.150. The van der Waals surface area contributed by atoms with Crippen LogP contribution in [0, 0.1) is 0 Å². The van der Waals surface area contributed by atoms with Gasteiger partial charge in [-0.15, -0.1) is 0 Å². The highest BCUT2D eigenvalue weighted by Gasteiger charge is 2.27. The van der Waals surface area contributed by atoms with Crippen LogP contribution in [0.1, 0.15) is 39.5 Å². The van der Waals surface area contributed by atoms with Crippen molar-refractivity contribution in [3.05, 3.63) is 0 Å². The van der Waals surface area contributed by atoms with E-state index < -0.39 is 12.6 Å². The zero-order valence-corrected chi connectivity index (χ0v) is 9.31. The van der Waals surface area contributed by atoms with Crippen molar-refractivity contribution >= 4 is 0 Å². The highest BCUT2D eigenvalue weighted by atomic mass is 19.4. The monoisotopic (exact) mass is 227 g/mol. The Labute approximate surface area is 89.0 Å². The van der Waals surface area contributed by atoms with Gasteiger partial charge in [0.2, 0.25) is 0 Å². The van der Waals surface area contributed by atoms with Crippen molar-refractivity contribution in [3.63, 3.8) is 0 Å². The van der Waals surface area contributed by atoms with Crippen molar-refractivity contribution in [2.24, 2.45) is 5.73 Å². The van der Waals surface area contributed by atoms with Crippen LogP contribution in [-0.4, -0.2) is 24.9 Å². The van der Waals surface area contributed by atoms with Crippen LogP contribution >= 0.6 is 0 Å². The maximum atomic E-state index is 11.8. The van der Waals surface area contributed by atoms with Crippen molar-refractivity contribution in [1.29, 1.82) is 0 Å². The van der Waals surface area contributed by atoms with E-state index in [1.165, 1.54) is 0 Å². The summed E-state index contributed by atoms with van der Waals surface area (Å²) in [6.07, 6.45) is -2.95. The number of nitrogens with two attached hydrogens (primary N) is 1. The molecule has 0 aliphatic carbocycles. The van der Waals surface area contributed by atoms with Crippen LogP contribution in [0.15, 0.2) is 0 Å². The summed E-state index contributed by atoms with van der Waals surface area (Å²) in [5, 5.41) is 0. The quantitative estimate of drug-likeness (QED) is 0.725. The van der Waals surface area contributed by atoms with Crippen LogP contribution in [0.3, 0.4) is 0 Å². The third-order valence-corrected chi connectivity index (χ3v) is 2.22. The Morgan fingerprint density at radius 1 is 1.27 bits per heavy atom. The number of hydrogen-bond acceptors (Lipinski definition) is 2. The van der Waals surface area contributed by atoms with E-state index in [1.54, 1.807) is 0 Å². The Balaban J connectivity index is 3.80. The molecule has 2 atom stereocenters. The third kappa shape index (κ3) is 7.62. The minimum Gasteiger partial charge on any atom is -0.376 e. The van der Waals surface area contributed by atoms with Gasteiger partial charge in [-0.1, -0.05) is 20.3 Å². The summed E-state index contributed by atoms with van der Waals surface area (Å²) in [7, 11) is 0. The second kappa shape index (κ2) is 7.06. The molecule has 2 N–H and O–H groups in total. The lowest BCUT2D eigenvalue weighted by Crippen LogP contribution is -2.36. The summed E-state index contributed by atoms with van der Waals surface area (Å²) in [5.74, 6) is 0. The van der Waals surface area contributed by atoms with Crippen molar-refractivity contribution in [2.45, 2.75) is 57.9 Å². The largest absolute Gasteiger partial charge is 0.391 e. The summed E-state index contributed by atoms with van der Waals surface area (Å²) in [6, 6.07) is -0.159. The molecule has 2 unspecified atom stereocenters. The first kappa shape index (κ1) is 14.7. The molecule has 0 aliphatic heterocycles. The Morgan fingerprint density at radius 2 is 1.87 bits per heavy atom. The first-order chi connectivity index (χ1) is 6.90. The molecule has 0 aliphatic rings. The molecule has 92 valence electrons. The Morgan fingerprint density at radius 3 is 2.27 bits per heavy atom. The molecule has 5 heteroatoms. The normalized spacial score (nSPS) is 16.4. The molecule has 0 aromatic rings.